The Kier molecular flexibility index (Phi) is 3.38. The number of hydrogen-bond acceptors (Lipinski definition) is 2. The first-order chi connectivity index (χ1) is 8.09. The van der Waals surface area contributed by atoms with E-state index in [2.05, 4.69) is 0 Å². The summed E-state index contributed by atoms with van der Waals surface area (Å²) in [7, 11) is 0. The van der Waals surface area contributed by atoms with Crippen LogP contribution in [0.25, 0.3) is 0 Å². The fourth-order valence-corrected chi connectivity index (χ4v) is 1.91. The molecule has 0 aliphatic carbocycles. The van der Waals surface area contributed by atoms with Gasteiger partial charge in [-0.2, -0.15) is 0 Å². The number of aliphatic hydroxyl groups excluding tert-OH is 1. The molecule has 0 unspecified atom stereocenters. The van der Waals surface area contributed by atoms with Gasteiger partial charge in [0, 0.05) is 13.1 Å². The van der Waals surface area contributed by atoms with Crippen molar-refractivity contribution in [1.82, 2.24) is 4.90 Å². The molecule has 2 rings (SSSR count). The molecular formula is C12H13F2NO2. The maximum absolute atomic E-state index is 13.4. The lowest BCUT2D eigenvalue weighted by atomic mass is 10.1. The quantitative estimate of drug-likeness (QED) is 0.810. The molecule has 1 amide bonds. The number of hydrogen-bond donors (Lipinski definition) is 1. The second-order valence-electron chi connectivity index (χ2n) is 4.12. The zero-order chi connectivity index (χ0) is 12.4. The Hall–Kier alpha value is -1.49. The monoisotopic (exact) mass is 241 g/mol. The molecular weight excluding hydrogens is 228 g/mol. The Balaban J connectivity index is 2.17. The molecule has 92 valence electrons. The maximum atomic E-state index is 13.4. The van der Waals surface area contributed by atoms with E-state index < -0.39 is 23.6 Å². The average Bonchev–Trinajstić information content (AvgIpc) is 2.33. The third-order valence-electron chi connectivity index (χ3n) is 2.93. The van der Waals surface area contributed by atoms with E-state index in [1.165, 1.54) is 17.0 Å². The van der Waals surface area contributed by atoms with Crippen LogP contribution in [0.1, 0.15) is 23.2 Å². The van der Waals surface area contributed by atoms with Gasteiger partial charge >= 0.3 is 0 Å². The van der Waals surface area contributed by atoms with Gasteiger partial charge in [0.2, 0.25) is 0 Å². The van der Waals surface area contributed by atoms with Gasteiger partial charge in [-0.1, -0.05) is 6.07 Å². The Labute approximate surface area is 97.7 Å². The molecule has 0 spiro atoms. The summed E-state index contributed by atoms with van der Waals surface area (Å²) < 4.78 is 26.4. The third kappa shape index (κ3) is 2.44. The summed E-state index contributed by atoms with van der Waals surface area (Å²) in [6, 6.07) is 3.56. The second-order valence-corrected chi connectivity index (χ2v) is 4.12. The number of aliphatic hydroxyl groups is 1. The standard InChI is InChI=1S/C12H13F2NO2/c13-10-3-1-2-9(11(10)14)12(17)15-6-4-8(16)5-7-15/h1-3,8,16H,4-7H2. The Bertz CT molecular complexity index is 429. The van der Waals surface area contributed by atoms with Crippen molar-refractivity contribution in [2.24, 2.45) is 0 Å². The highest BCUT2D eigenvalue weighted by atomic mass is 19.2. The second kappa shape index (κ2) is 4.79. The lowest BCUT2D eigenvalue weighted by molar-refractivity contribution is 0.0542. The van der Waals surface area contributed by atoms with Crippen LogP contribution in [-0.4, -0.2) is 35.1 Å². The topological polar surface area (TPSA) is 40.5 Å². The number of amides is 1. The van der Waals surface area contributed by atoms with Crippen LogP contribution >= 0.6 is 0 Å². The third-order valence-corrected chi connectivity index (χ3v) is 2.93. The number of carbonyl (C=O) groups excluding carboxylic acids is 1. The highest BCUT2D eigenvalue weighted by Gasteiger charge is 2.25. The zero-order valence-corrected chi connectivity index (χ0v) is 9.20. The lowest BCUT2D eigenvalue weighted by Crippen LogP contribution is -2.40. The van der Waals surface area contributed by atoms with E-state index in [1.807, 2.05) is 0 Å². The van der Waals surface area contributed by atoms with Gasteiger partial charge in [0.05, 0.1) is 11.7 Å². The minimum Gasteiger partial charge on any atom is -0.393 e. The summed E-state index contributed by atoms with van der Waals surface area (Å²) in [6.45, 7) is 0.742. The Morgan fingerprint density at radius 1 is 1.29 bits per heavy atom. The highest BCUT2D eigenvalue weighted by molar-refractivity contribution is 5.94. The maximum Gasteiger partial charge on any atom is 0.256 e. The molecule has 0 atom stereocenters. The zero-order valence-electron chi connectivity index (χ0n) is 9.20. The summed E-state index contributed by atoms with van der Waals surface area (Å²) in [5.74, 6) is -2.65. The van der Waals surface area contributed by atoms with Crippen molar-refractivity contribution in [3.05, 3.63) is 35.4 Å². The largest absolute Gasteiger partial charge is 0.393 e. The van der Waals surface area contributed by atoms with E-state index in [0.717, 1.165) is 6.07 Å². The predicted molar refractivity (Wildman–Crippen MR) is 57.5 cm³/mol. The van der Waals surface area contributed by atoms with Gasteiger partial charge < -0.3 is 10.0 Å². The van der Waals surface area contributed by atoms with Crippen LogP contribution < -0.4 is 0 Å². The molecule has 1 N–H and O–H groups in total. The number of halogens is 2. The van der Waals surface area contributed by atoms with Gasteiger partial charge in [0.25, 0.3) is 5.91 Å². The van der Waals surface area contributed by atoms with Gasteiger partial charge in [-0.25, -0.2) is 8.78 Å². The Morgan fingerprint density at radius 3 is 2.59 bits per heavy atom. The summed E-state index contributed by atoms with van der Waals surface area (Å²) in [6.07, 6.45) is 0.544. The fraction of sp³-hybridized carbons (Fsp3) is 0.417. The molecule has 0 saturated carbocycles. The van der Waals surface area contributed by atoms with Gasteiger partial charge in [-0.3, -0.25) is 4.79 Å². The van der Waals surface area contributed by atoms with Gasteiger partial charge in [-0.15, -0.1) is 0 Å². The number of likely N-dealkylation sites (tertiary alicyclic amines) is 1. The predicted octanol–water partition coefficient (Wildman–Crippen LogP) is 1.56. The first kappa shape index (κ1) is 12.0. The molecule has 1 aliphatic heterocycles. The van der Waals surface area contributed by atoms with Crippen LogP contribution in [0, 0.1) is 11.6 Å². The molecule has 3 nitrogen and oxygen atoms in total. The lowest BCUT2D eigenvalue weighted by Gasteiger charge is -2.29. The van der Waals surface area contributed by atoms with Crippen molar-refractivity contribution in [2.45, 2.75) is 18.9 Å². The van der Waals surface area contributed by atoms with E-state index in [9.17, 15) is 18.7 Å². The normalized spacial score (nSPS) is 17.2. The van der Waals surface area contributed by atoms with Crippen LogP contribution in [0.15, 0.2) is 18.2 Å². The molecule has 1 aromatic rings. The summed E-state index contributed by atoms with van der Waals surface area (Å²) in [4.78, 5) is 13.4. The number of rotatable bonds is 1. The van der Waals surface area contributed by atoms with E-state index in [0.29, 0.717) is 25.9 Å². The number of piperidine rings is 1. The first-order valence-corrected chi connectivity index (χ1v) is 5.51. The van der Waals surface area contributed by atoms with Crippen LogP contribution in [-0.2, 0) is 0 Å². The molecule has 1 aliphatic rings. The van der Waals surface area contributed by atoms with Gasteiger partial charge in [0.15, 0.2) is 11.6 Å². The Morgan fingerprint density at radius 2 is 1.94 bits per heavy atom. The average molecular weight is 241 g/mol. The summed E-state index contributed by atoms with van der Waals surface area (Å²) in [5.41, 5.74) is -0.249. The van der Waals surface area contributed by atoms with Crippen LogP contribution in [0.5, 0.6) is 0 Å². The van der Waals surface area contributed by atoms with Crippen molar-refractivity contribution in [2.75, 3.05) is 13.1 Å². The van der Waals surface area contributed by atoms with Gasteiger partial charge in [-0.05, 0) is 25.0 Å². The molecule has 5 heteroatoms. The molecule has 0 bridgehead atoms. The van der Waals surface area contributed by atoms with Crippen molar-refractivity contribution in [1.29, 1.82) is 0 Å². The first-order valence-electron chi connectivity index (χ1n) is 5.51. The summed E-state index contributed by atoms with van der Waals surface area (Å²) >= 11 is 0. The molecule has 1 heterocycles. The van der Waals surface area contributed by atoms with Crippen molar-refractivity contribution < 1.29 is 18.7 Å². The minimum absolute atomic E-state index is 0.249. The van der Waals surface area contributed by atoms with E-state index in [1.54, 1.807) is 0 Å². The van der Waals surface area contributed by atoms with Crippen molar-refractivity contribution in [3.63, 3.8) is 0 Å². The number of benzene rings is 1. The van der Waals surface area contributed by atoms with Crippen molar-refractivity contribution in [3.8, 4) is 0 Å². The van der Waals surface area contributed by atoms with Gasteiger partial charge in [0.1, 0.15) is 0 Å². The van der Waals surface area contributed by atoms with E-state index in [4.69, 9.17) is 0 Å². The molecule has 0 aromatic heterocycles. The van der Waals surface area contributed by atoms with Crippen molar-refractivity contribution >= 4 is 5.91 Å². The highest BCUT2D eigenvalue weighted by Crippen LogP contribution is 2.17. The number of nitrogens with zero attached hydrogens (tertiary/aromatic N) is 1. The van der Waals surface area contributed by atoms with Crippen LogP contribution in [0.4, 0.5) is 8.78 Å². The van der Waals surface area contributed by atoms with Crippen LogP contribution in [0.2, 0.25) is 0 Å². The fourth-order valence-electron chi connectivity index (χ4n) is 1.91. The minimum atomic E-state index is -1.11. The SMILES string of the molecule is O=C(c1cccc(F)c1F)N1CCC(O)CC1. The molecule has 1 saturated heterocycles. The van der Waals surface area contributed by atoms with E-state index in [-0.39, 0.29) is 5.56 Å². The molecule has 0 radical (unpaired) electrons. The molecule has 1 fully saturated rings. The smallest absolute Gasteiger partial charge is 0.256 e. The summed E-state index contributed by atoms with van der Waals surface area (Å²) in [5, 5.41) is 9.31. The molecule has 1 aromatic carbocycles. The van der Waals surface area contributed by atoms with E-state index >= 15 is 0 Å². The number of carbonyl (C=O) groups is 1. The molecule has 17 heavy (non-hydrogen) atoms. The van der Waals surface area contributed by atoms with Crippen LogP contribution in [0.3, 0.4) is 0 Å².